The SMILES string of the molecule is CCOC(=O)C1=CN2C(=O)CCN2[C@@H]1c1ccccc1. The van der Waals surface area contributed by atoms with Crippen LogP contribution in [-0.2, 0) is 14.3 Å². The van der Waals surface area contributed by atoms with E-state index in [-0.39, 0.29) is 17.9 Å². The van der Waals surface area contributed by atoms with Crippen LogP contribution in [-0.4, -0.2) is 35.0 Å². The number of hydrazine groups is 1. The zero-order valence-corrected chi connectivity index (χ0v) is 11.3. The molecular formula is C15H16N2O3. The fraction of sp³-hybridized carbons (Fsp3) is 0.333. The zero-order valence-electron chi connectivity index (χ0n) is 11.3. The third kappa shape index (κ3) is 2.00. The summed E-state index contributed by atoms with van der Waals surface area (Å²) in [7, 11) is 0. The second-order valence-corrected chi connectivity index (χ2v) is 4.77. The van der Waals surface area contributed by atoms with Gasteiger partial charge in [0.15, 0.2) is 0 Å². The minimum absolute atomic E-state index is 0.0187. The van der Waals surface area contributed by atoms with E-state index in [1.54, 1.807) is 18.1 Å². The summed E-state index contributed by atoms with van der Waals surface area (Å²) in [5.41, 5.74) is 1.51. The Balaban J connectivity index is 1.98. The Bertz CT molecular complexity index is 568. The first kappa shape index (κ1) is 12.9. The number of hydrogen-bond acceptors (Lipinski definition) is 4. The number of hydrogen-bond donors (Lipinski definition) is 0. The van der Waals surface area contributed by atoms with Crippen molar-refractivity contribution in [1.82, 2.24) is 10.0 Å². The molecule has 1 aromatic rings. The molecule has 0 radical (unpaired) electrons. The normalized spacial score (nSPS) is 21.9. The van der Waals surface area contributed by atoms with Crippen molar-refractivity contribution in [1.29, 1.82) is 0 Å². The molecule has 1 atom stereocenters. The summed E-state index contributed by atoms with van der Waals surface area (Å²) < 4.78 is 5.11. The van der Waals surface area contributed by atoms with E-state index in [4.69, 9.17) is 4.74 Å². The van der Waals surface area contributed by atoms with Crippen molar-refractivity contribution in [3.8, 4) is 0 Å². The number of ether oxygens (including phenoxy) is 1. The zero-order chi connectivity index (χ0) is 14.1. The molecule has 5 heteroatoms. The highest BCUT2D eigenvalue weighted by atomic mass is 16.5. The average Bonchev–Trinajstić information content (AvgIpc) is 3.00. The number of nitrogens with zero attached hydrogens (tertiary/aromatic N) is 2. The molecule has 1 aromatic carbocycles. The van der Waals surface area contributed by atoms with Crippen molar-refractivity contribution in [2.75, 3.05) is 13.2 Å². The molecular weight excluding hydrogens is 256 g/mol. The number of rotatable bonds is 3. The molecule has 1 amide bonds. The maximum Gasteiger partial charge on any atom is 0.337 e. The van der Waals surface area contributed by atoms with Crippen LogP contribution in [0.5, 0.6) is 0 Å². The van der Waals surface area contributed by atoms with E-state index >= 15 is 0 Å². The Labute approximate surface area is 117 Å². The predicted octanol–water partition coefficient (Wildman–Crippen LogP) is 1.64. The highest BCUT2D eigenvalue weighted by Crippen LogP contribution is 2.39. The van der Waals surface area contributed by atoms with Crippen LogP contribution in [0.15, 0.2) is 42.1 Å². The highest BCUT2D eigenvalue weighted by Gasteiger charge is 2.43. The Morgan fingerprint density at radius 2 is 2.10 bits per heavy atom. The van der Waals surface area contributed by atoms with Gasteiger partial charge in [0.2, 0.25) is 5.91 Å². The van der Waals surface area contributed by atoms with Gasteiger partial charge in [0.25, 0.3) is 0 Å². The van der Waals surface area contributed by atoms with Gasteiger partial charge >= 0.3 is 5.97 Å². The lowest BCUT2D eigenvalue weighted by Gasteiger charge is -2.26. The Hall–Kier alpha value is -2.14. The molecule has 0 unspecified atom stereocenters. The molecule has 0 saturated carbocycles. The second-order valence-electron chi connectivity index (χ2n) is 4.77. The van der Waals surface area contributed by atoms with E-state index in [0.717, 1.165) is 5.56 Å². The number of fused-ring (bicyclic) bond motifs is 1. The van der Waals surface area contributed by atoms with Gasteiger partial charge in [-0.15, -0.1) is 0 Å². The summed E-state index contributed by atoms with van der Waals surface area (Å²) in [5, 5.41) is 3.47. The van der Waals surface area contributed by atoms with Crippen molar-refractivity contribution in [3.63, 3.8) is 0 Å². The van der Waals surface area contributed by atoms with Crippen molar-refractivity contribution in [2.45, 2.75) is 19.4 Å². The molecule has 104 valence electrons. The number of amides is 1. The smallest absolute Gasteiger partial charge is 0.337 e. The summed E-state index contributed by atoms with van der Waals surface area (Å²) in [4.78, 5) is 24.0. The van der Waals surface area contributed by atoms with Gasteiger partial charge in [0.1, 0.15) is 0 Å². The Kier molecular flexibility index (Phi) is 3.28. The minimum atomic E-state index is -0.358. The number of benzene rings is 1. The Morgan fingerprint density at radius 3 is 2.80 bits per heavy atom. The molecule has 1 fully saturated rings. The molecule has 0 aliphatic carbocycles. The number of carbonyl (C=O) groups is 2. The quantitative estimate of drug-likeness (QED) is 0.785. The fourth-order valence-corrected chi connectivity index (χ4v) is 2.70. The third-order valence-electron chi connectivity index (χ3n) is 3.57. The number of esters is 1. The van der Waals surface area contributed by atoms with Gasteiger partial charge in [0, 0.05) is 19.2 Å². The van der Waals surface area contributed by atoms with Gasteiger partial charge in [-0.2, -0.15) is 0 Å². The monoisotopic (exact) mass is 272 g/mol. The lowest BCUT2D eigenvalue weighted by Crippen LogP contribution is -2.33. The summed E-state index contributed by atoms with van der Waals surface area (Å²) >= 11 is 0. The van der Waals surface area contributed by atoms with Crippen molar-refractivity contribution < 1.29 is 14.3 Å². The molecule has 0 spiro atoms. The van der Waals surface area contributed by atoms with Crippen LogP contribution in [0.25, 0.3) is 0 Å². The molecule has 2 aliphatic heterocycles. The molecule has 5 nitrogen and oxygen atoms in total. The first-order chi connectivity index (χ1) is 9.72. The fourth-order valence-electron chi connectivity index (χ4n) is 2.70. The number of carbonyl (C=O) groups excluding carboxylic acids is 2. The predicted molar refractivity (Wildman–Crippen MR) is 72.1 cm³/mol. The van der Waals surface area contributed by atoms with Crippen LogP contribution in [0.4, 0.5) is 0 Å². The largest absolute Gasteiger partial charge is 0.463 e. The summed E-state index contributed by atoms with van der Waals surface area (Å²) in [6, 6.07) is 9.48. The molecule has 3 rings (SSSR count). The van der Waals surface area contributed by atoms with Crippen LogP contribution in [0.3, 0.4) is 0 Å². The van der Waals surface area contributed by atoms with E-state index in [2.05, 4.69) is 0 Å². The molecule has 2 aliphatic rings. The van der Waals surface area contributed by atoms with E-state index < -0.39 is 0 Å². The van der Waals surface area contributed by atoms with Crippen LogP contribution in [0.2, 0.25) is 0 Å². The van der Waals surface area contributed by atoms with E-state index in [1.165, 1.54) is 0 Å². The molecule has 20 heavy (non-hydrogen) atoms. The second kappa shape index (κ2) is 5.09. The molecule has 0 aromatic heterocycles. The summed E-state index contributed by atoms with van der Waals surface area (Å²) in [5.74, 6) is -0.339. The lowest BCUT2D eigenvalue weighted by atomic mass is 10.00. The third-order valence-corrected chi connectivity index (χ3v) is 3.57. The van der Waals surface area contributed by atoms with Crippen molar-refractivity contribution in [3.05, 3.63) is 47.7 Å². The molecule has 2 heterocycles. The minimum Gasteiger partial charge on any atom is -0.463 e. The maximum absolute atomic E-state index is 12.1. The van der Waals surface area contributed by atoms with Crippen LogP contribution < -0.4 is 0 Å². The lowest BCUT2D eigenvalue weighted by molar-refractivity contribution is -0.139. The van der Waals surface area contributed by atoms with Crippen LogP contribution in [0.1, 0.15) is 24.9 Å². The van der Waals surface area contributed by atoms with Gasteiger partial charge in [-0.1, -0.05) is 30.3 Å². The van der Waals surface area contributed by atoms with Gasteiger partial charge < -0.3 is 4.74 Å². The van der Waals surface area contributed by atoms with E-state index in [0.29, 0.717) is 25.1 Å². The van der Waals surface area contributed by atoms with Gasteiger partial charge in [-0.25, -0.2) is 14.8 Å². The maximum atomic E-state index is 12.1. The summed E-state index contributed by atoms with van der Waals surface area (Å²) in [6.07, 6.45) is 2.10. The molecule has 0 bridgehead atoms. The summed E-state index contributed by atoms with van der Waals surface area (Å²) in [6.45, 7) is 2.72. The van der Waals surface area contributed by atoms with Crippen molar-refractivity contribution in [2.24, 2.45) is 0 Å². The molecule has 1 saturated heterocycles. The topological polar surface area (TPSA) is 49.9 Å². The Morgan fingerprint density at radius 1 is 1.35 bits per heavy atom. The average molecular weight is 272 g/mol. The van der Waals surface area contributed by atoms with Crippen molar-refractivity contribution >= 4 is 11.9 Å². The van der Waals surface area contributed by atoms with Crippen LogP contribution >= 0.6 is 0 Å². The first-order valence-electron chi connectivity index (χ1n) is 6.74. The molecule has 0 N–H and O–H groups in total. The van der Waals surface area contributed by atoms with Gasteiger partial charge in [-0.3, -0.25) is 4.79 Å². The highest BCUT2D eigenvalue weighted by molar-refractivity contribution is 5.92. The van der Waals surface area contributed by atoms with Crippen LogP contribution in [0, 0.1) is 0 Å². The van der Waals surface area contributed by atoms with E-state index in [9.17, 15) is 9.59 Å². The van der Waals surface area contributed by atoms with Gasteiger partial charge in [-0.05, 0) is 12.5 Å². The standard InChI is InChI=1S/C15H16N2O3/c1-2-20-15(19)12-10-17-13(18)8-9-16(17)14(12)11-6-4-3-5-7-11/h3-7,10,14H,2,8-9H2,1H3/t14-/m1/s1. The first-order valence-corrected chi connectivity index (χ1v) is 6.74. The van der Waals surface area contributed by atoms with E-state index in [1.807, 2.05) is 35.3 Å². The van der Waals surface area contributed by atoms with Gasteiger partial charge in [0.05, 0.1) is 18.2 Å².